The second kappa shape index (κ2) is 8.42. The summed E-state index contributed by atoms with van der Waals surface area (Å²) < 4.78 is 0. The molecule has 0 amide bonds. The highest BCUT2D eigenvalue weighted by Crippen LogP contribution is 2.08. The number of nitrogens with two attached hydrogens (primary N) is 1. The topological polar surface area (TPSA) is 26.0 Å². The zero-order valence-electron chi connectivity index (χ0n) is 8.23. The molecular formula is C11H21N. The molecule has 0 saturated heterocycles. The first-order valence-electron chi connectivity index (χ1n) is 4.95. The van der Waals surface area contributed by atoms with Crippen LogP contribution in [0.3, 0.4) is 0 Å². The van der Waals surface area contributed by atoms with Crippen LogP contribution in [0, 0.1) is 0 Å². The number of rotatable bonds is 7. The van der Waals surface area contributed by atoms with Crippen LogP contribution in [0.1, 0.15) is 51.9 Å². The predicted molar refractivity (Wildman–Crippen MR) is 54.8 cm³/mol. The van der Waals surface area contributed by atoms with Crippen LogP contribution in [0.25, 0.3) is 0 Å². The largest absolute Gasteiger partial charge is 0.396 e. The lowest BCUT2D eigenvalue weighted by Gasteiger charge is -1.99. The van der Waals surface area contributed by atoms with Gasteiger partial charge in [0, 0.05) is 0 Å². The van der Waals surface area contributed by atoms with Gasteiger partial charge in [-0.25, -0.2) is 0 Å². The van der Waals surface area contributed by atoms with Gasteiger partial charge in [-0.2, -0.15) is 0 Å². The SMILES string of the molecule is C=C=C(N)CCCCCCCC. The zero-order chi connectivity index (χ0) is 9.23. The second-order valence-electron chi connectivity index (χ2n) is 3.22. The summed E-state index contributed by atoms with van der Waals surface area (Å²) in [5, 5.41) is 0. The first kappa shape index (κ1) is 11.3. The zero-order valence-corrected chi connectivity index (χ0v) is 8.23. The minimum Gasteiger partial charge on any atom is -0.396 e. The van der Waals surface area contributed by atoms with Gasteiger partial charge in [0.15, 0.2) is 0 Å². The van der Waals surface area contributed by atoms with Gasteiger partial charge in [-0.05, 0) is 12.8 Å². The van der Waals surface area contributed by atoms with E-state index < -0.39 is 0 Å². The Morgan fingerprint density at radius 3 is 2.33 bits per heavy atom. The second-order valence-corrected chi connectivity index (χ2v) is 3.22. The summed E-state index contributed by atoms with van der Waals surface area (Å²) in [6.45, 7) is 5.74. The van der Waals surface area contributed by atoms with Crippen LogP contribution < -0.4 is 5.73 Å². The van der Waals surface area contributed by atoms with Crippen LogP contribution >= 0.6 is 0 Å². The lowest BCUT2D eigenvalue weighted by molar-refractivity contribution is 0.605. The van der Waals surface area contributed by atoms with Crippen LogP contribution in [0.4, 0.5) is 0 Å². The average Bonchev–Trinajstić information content (AvgIpc) is 2.10. The van der Waals surface area contributed by atoms with Crippen molar-refractivity contribution in [3.63, 3.8) is 0 Å². The summed E-state index contributed by atoms with van der Waals surface area (Å²) in [6.07, 6.45) is 8.85. The molecule has 0 unspecified atom stereocenters. The van der Waals surface area contributed by atoms with E-state index in [0.717, 1.165) is 12.1 Å². The van der Waals surface area contributed by atoms with Crippen LogP contribution in [0.15, 0.2) is 18.0 Å². The Morgan fingerprint density at radius 2 is 1.75 bits per heavy atom. The molecule has 0 rings (SSSR count). The van der Waals surface area contributed by atoms with Gasteiger partial charge in [0.05, 0.1) is 5.70 Å². The molecular weight excluding hydrogens is 146 g/mol. The van der Waals surface area contributed by atoms with E-state index in [-0.39, 0.29) is 0 Å². The Balaban J connectivity index is 3.06. The summed E-state index contributed by atoms with van der Waals surface area (Å²) >= 11 is 0. The van der Waals surface area contributed by atoms with Gasteiger partial charge in [0.1, 0.15) is 0 Å². The highest BCUT2D eigenvalue weighted by Gasteiger charge is 1.91. The molecule has 2 N–H and O–H groups in total. The third-order valence-corrected chi connectivity index (χ3v) is 2.03. The Bertz CT molecular complexity index is 143. The summed E-state index contributed by atoms with van der Waals surface area (Å²) in [5.41, 5.74) is 9.08. The standard InChI is InChI=1S/C11H21N/c1-3-5-6-7-8-9-10-11(12)4-2/h2-3,5-10,12H2,1H3. The molecule has 0 bridgehead atoms. The van der Waals surface area contributed by atoms with E-state index in [1.54, 1.807) is 0 Å². The molecule has 70 valence electrons. The predicted octanol–water partition coefficient (Wildman–Crippen LogP) is 3.36. The van der Waals surface area contributed by atoms with E-state index in [2.05, 4.69) is 19.2 Å². The van der Waals surface area contributed by atoms with E-state index in [1.165, 1.54) is 38.5 Å². The van der Waals surface area contributed by atoms with Gasteiger partial charge in [-0.1, -0.05) is 45.6 Å². The summed E-state index contributed by atoms with van der Waals surface area (Å²) in [6, 6.07) is 0. The number of unbranched alkanes of at least 4 members (excludes halogenated alkanes) is 5. The van der Waals surface area contributed by atoms with Crippen LogP contribution in [0.5, 0.6) is 0 Å². The maximum atomic E-state index is 5.56. The van der Waals surface area contributed by atoms with Gasteiger partial charge in [-0.3, -0.25) is 0 Å². The molecule has 0 aliphatic carbocycles. The molecule has 0 saturated carbocycles. The molecule has 0 aromatic heterocycles. The molecule has 0 atom stereocenters. The third kappa shape index (κ3) is 7.43. The highest BCUT2D eigenvalue weighted by atomic mass is 14.6. The fourth-order valence-corrected chi connectivity index (χ4v) is 1.18. The quantitative estimate of drug-likeness (QED) is 0.456. The highest BCUT2D eigenvalue weighted by molar-refractivity contribution is 4.91. The van der Waals surface area contributed by atoms with E-state index >= 15 is 0 Å². The molecule has 1 heteroatoms. The lowest BCUT2D eigenvalue weighted by atomic mass is 10.1. The average molecular weight is 167 g/mol. The molecule has 0 spiro atoms. The van der Waals surface area contributed by atoms with Crippen molar-refractivity contribution in [3.05, 3.63) is 18.0 Å². The minimum absolute atomic E-state index is 0.811. The first-order chi connectivity index (χ1) is 5.81. The fraction of sp³-hybridized carbons (Fsp3) is 0.727. The van der Waals surface area contributed by atoms with E-state index in [0.29, 0.717) is 0 Å². The molecule has 0 heterocycles. The van der Waals surface area contributed by atoms with E-state index in [9.17, 15) is 0 Å². The number of hydrogen-bond donors (Lipinski definition) is 1. The minimum atomic E-state index is 0.811. The number of allylic oxidation sites excluding steroid dienone is 1. The van der Waals surface area contributed by atoms with Gasteiger partial charge in [0.2, 0.25) is 0 Å². The molecule has 0 aliphatic heterocycles. The Hall–Kier alpha value is -0.680. The van der Waals surface area contributed by atoms with Crippen molar-refractivity contribution in [3.8, 4) is 0 Å². The fourth-order valence-electron chi connectivity index (χ4n) is 1.18. The summed E-state index contributed by atoms with van der Waals surface area (Å²) in [7, 11) is 0. The van der Waals surface area contributed by atoms with Crippen LogP contribution in [0.2, 0.25) is 0 Å². The Labute approximate surface area is 76.3 Å². The molecule has 0 aromatic carbocycles. The molecule has 1 nitrogen and oxygen atoms in total. The van der Waals surface area contributed by atoms with Crippen molar-refractivity contribution < 1.29 is 0 Å². The van der Waals surface area contributed by atoms with Crippen molar-refractivity contribution in [2.24, 2.45) is 5.73 Å². The monoisotopic (exact) mass is 167 g/mol. The molecule has 0 aromatic rings. The van der Waals surface area contributed by atoms with Crippen LogP contribution in [-0.4, -0.2) is 0 Å². The van der Waals surface area contributed by atoms with E-state index in [1.807, 2.05) is 0 Å². The maximum absolute atomic E-state index is 5.56. The van der Waals surface area contributed by atoms with E-state index in [4.69, 9.17) is 5.73 Å². The number of hydrogen-bond acceptors (Lipinski definition) is 1. The van der Waals surface area contributed by atoms with Gasteiger partial charge in [-0.15, -0.1) is 5.73 Å². The van der Waals surface area contributed by atoms with Crippen LogP contribution in [-0.2, 0) is 0 Å². The lowest BCUT2D eigenvalue weighted by Crippen LogP contribution is -1.94. The molecule has 0 fully saturated rings. The van der Waals surface area contributed by atoms with Crippen molar-refractivity contribution in [2.75, 3.05) is 0 Å². The normalized spacial score (nSPS) is 9.42. The van der Waals surface area contributed by atoms with Gasteiger partial charge < -0.3 is 5.73 Å². The van der Waals surface area contributed by atoms with Crippen molar-refractivity contribution in [1.82, 2.24) is 0 Å². The third-order valence-electron chi connectivity index (χ3n) is 2.03. The molecule has 0 radical (unpaired) electrons. The molecule has 12 heavy (non-hydrogen) atoms. The smallest absolute Gasteiger partial charge is 0.0505 e. The van der Waals surface area contributed by atoms with Crippen molar-refractivity contribution in [1.29, 1.82) is 0 Å². The van der Waals surface area contributed by atoms with Crippen molar-refractivity contribution >= 4 is 0 Å². The summed E-state index contributed by atoms with van der Waals surface area (Å²) in [4.78, 5) is 0. The first-order valence-corrected chi connectivity index (χ1v) is 4.95. The Kier molecular flexibility index (Phi) is 7.94. The maximum Gasteiger partial charge on any atom is 0.0505 e. The summed E-state index contributed by atoms with van der Waals surface area (Å²) in [5.74, 6) is 0. The van der Waals surface area contributed by atoms with Crippen molar-refractivity contribution in [2.45, 2.75) is 51.9 Å². The van der Waals surface area contributed by atoms with Gasteiger partial charge in [0.25, 0.3) is 0 Å². The Morgan fingerprint density at radius 1 is 1.17 bits per heavy atom. The molecule has 0 aliphatic rings. The van der Waals surface area contributed by atoms with Gasteiger partial charge >= 0.3 is 0 Å².